The molecule has 0 unspecified atom stereocenters. The van der Waals surface area contributed by atoms with Gasteiger partial charge in [0.15, 0.2) is 5.65 Å². The van der Waals surface area contributed by atoms with Crippen LogP contribution in [0.4, 0.5) is 22.1 Å². The van der Waals surface area contributed by atoms with Crippen LogP contribution in [0.5, 0.6) is 0 Å². The Bertz CT molecular complexity index is 1370. The van der Waals surface area contributed by atoms with Crippen LogP contribution in [-0.2, 0) is 12.1 Å². The second-order valence-corrected chi connectivity index (χ2v) is 8.88. The van der Waals surface area contributed by atoms with Crippen LogP contribution < -0.4 is 21.5 Å². The van der Waals surface area contributed by atoms with Gasteiger partial charge in [-0.05, 0) is 63.1 Å². The number of hydrogen-bond acceptors (Lipinski definition) is 5. The SMILES string of the molecule is Cc1cccc(NC(=O)Nc2cccc(CNc3nc4c(cnn4C(C)(C)C)c(=O)[nH]3)c2)c1. The van der Waals surface area contributed by atoms with Crippen LogP contribution in [0.1, 0.15) is 31.9 Å². The number of rotatable bonds is 5. The topological polar surface area (TPSA) is 117 Å². The molecule has 4 N–H and O–H groups in total. The Balaban J connectivity index is 1.45. The van der Waals surface area contributed by atoms with Crippen molar-refractivity contribution in [3.05, 3.63) is 76.2 Å². The summed E-state index contributed by atoms with van der Waals surface area (Å²) in [6.07, 6.45) is 1.53. The summed E-state index contributed by atoms with van der Waals surface area (Å²) in [6.45, 7) is 8.39. The third-order valence-electron chi connectivity index (χ3n) is 4.99. The van der Waals surface area contributed by atoms with Crippen LogP contribution in [0.25, 0.3) is 11.0 Å². The number of nitrogens with one attached hydrogen (secondary N) is 4. The number of aryl methyl sites for hydroxylation is 1. The van der Waals surface area contributed by atoms with Crippen molar-refractivity contribution >= 4 is 34.4 Å². The minimum Gasteiger partial charge on any atom is -0.352 e. The van der Waals surface area contributed by atoms with Gasteiger partial charge in [-0.2, -0.15) is 10.1 Å². The van der Waals surface area contributed by atoms with Gasteiger partial charge in [-0.1, -0.05) is 24.3 Å². The van der Waals surface area contributed by atoms with Crippen molar-refractivity contribution in [1.29, 1.82) is 0 Å². The van der Waals surface area contributed by atoms with E-state index in [1.165, 1.54) is 6.20 Å². The van der Waals surface area contributed by atoms with Crippen molar-refractivity contribution in [2.45, 2.75) is 39.8 Å². The Morgan fingerprint density at radius 3 is 2.45 bits per heavy atom. The number of H-pyrrole nitrogens is 1. The van der Waals surface area contributed by atoms with Gasteiger partial charge in [0.2, 0.25) is 5.95 Å². The van der Waals surface area contributed by atoms with Crippen LogP contribution in [0.15, 0.2) is 59.5 Å². The number of carbonyl (C=O) groups is 1. The number of amides is 2. The molecule has 4 rings (SSSR count). The van der Waals surface area contributed by atoms with E-state index in [2.05, 4.69) is 31.0 Å². The van der Waals surface area contributed by atoms with Crippen LogP contribution in [0, 0.1) is 6.92 Å². The lowest BCUT2D eigenvalue weighted by atomic mass is 10.1. The first-order chi connectivity index (χ1) is 15.7. The fourth-order valence-electron chi connectivity index (χ4n) is 3.45. The van der Waals surface area contributed by atoms with Gasteiger partial charge < -0.3 is 16.0 Å². The first-order valence-corrected chi connectivity index (χ1v) is 10.6. The molecule has 2 aromatic heterocycles. The highest BCUT2D eigenvalue weighted by Gasteiger charge is 2.19. The molecule has 9 heteroatoms. The standard InChI is InChI=1S/C24H27N7O2/c1-15-7-5-9-17(11-15)27-23(33)28-18-10-6-8-16(12-18)13-25-22-29-20-19(21(32)30-22)14-26-31(20)24(2,3)4/h5-12,14H,13H2,1-4H3,(H2,27,28,33)(H2,25,29,30,32). The summed E-state index contributed by atoms with van der Waals surface area (Å²) in [5.74, 6) is 0.356. The smallest absolute Gasteiger partial charge is 0.323 e. The molecule has 0 saturated carbocycles. The lowest BCUT2D eigenvalue weighted by molar-refractivity contribution is 0.262. The fraction of sp³-hybridized carbons (Fsp3) is 0.250. The van der Waals surface area contributed by atoms with Gasteiger partial charge in [0.05, 0.1) is 11.7 Å². The maximum Gasteiger partial charge on any atom is 0.323 e. The minimum absolute atomic E-state index is 0.249. The van der Waals surface area contributed by atoms with E-state index < -0.39 is 0 Å². The van der Waals surface area contributed by atoms with Gasteiger partial charge in [-0.3, -0.25) is 9.78 Å². The van der Waals surface area contributed by atoms with Crippen molar-refractivity contribution < 1.29 is 4.79 Å². The van der Waals surface area contributed by atoms with Crippen molar-refractivity contribution in [3.8, 4) is 0 Å². The number of aromatic nitrogens is 4. The van der Waals surface area contributed by atoms with Crippen molar-refractivity contribution in [1.82, 2.24) is 19.7 Å². The van der Waals surface area contributed by atoms with Gasteiger partial charge >= 0.3 is 6.03 Å². The number of carbonyl (C=O) groups excluding carboxylic acids is 1. The van der Waals surface area contributed by atoms with E-state index in [4.69, 9.17) is 0 Å². The molecule has 0 bridgehead atoms. The van der Waals surface area contributed by atoms with E-state index in [1.54, 1.807) is 4.68 Å². The molecule has 0 aliphatic heterocycles. The van der Waals surface area contributed by atoms with E-state index in [-0.39, 0.29) is 17.1 Å². The first kappa shape index (κ1) is 22.1. The van der Waals surface area contributed by atoms with Gasteiger partial charge in [0.25, 0.3) is 5.56 Å². The molecular weight excluding hydrogens is 418 g/mol. The second kappa shape index (κ2) is 8.78. The van der Waals surface area contributed by atoms with Gasteiger partial charge in [-0.15, -0.1) is 0 Å². The molecule has 4 aromatic rings. The summed E-state index contributed by atoms with van der Waals surface area (Å²) in [5, 5.41) is 13.6. The highest BCUT2D eigenvalue weighted by atomic mass is 16.2. The Morgan fingerprint density at radius 1 is 1.06 bits per heavy atom. The fourth-order valence-corrected chi connectivity index (χ4v) is 3.45. The van der Waals surface area contributed by atoms with Crippen molar-refractivity contribution in [2.75, 3.05) is 16.0 Å². The van der Waals surface area contributed by atoms with Gasteiger partial charge in [0, 0.05) is 17.9 Å². The molecule has 9 nitrogen and oxygen atoms in total. The summed E-state index contributed by atoms with van der Waals surface area (Å²) in [6, 6.07) is 14.7. The zero-order chi connectivity index (χ0) is 23.6. The molecule has 2 amide bonds. The molecule has 2 aromatic carbocycles. The van der Waals surface area contributed by atoms with Crippen molar-refractivity contribution in [3.63, 3.8) is 0 Å². The maximum atomic E-state index is 12.5. The molecule has 33 heavy (non-hydrogen) atoms. The zero-order valence-corrected chi connectivity index (χ0v) is 19.1. The van der Waals surface area contributed by atoms with Crippen LogP contribution in [0.2, 0.25) is 0 Å². The molecule has 0 aliphatic rings. The molecule has 0 spiro atoms. The van der Waals surface area contributed by atoms with Crippen LogP contribution in [0.3, 0.4) is 0 Å². The summed E-state index contributed by atoms with van der Waals surface area (Å²) < 4.78 is 1.74. The molecule has 0 aliphatic carbocycles. The predicted molar refractivity (Wildman–Crippen MR) is 131 cm³/mol. The van der Waals surface area contributed by atoms with E-state index >= 15 is 0 Å². The monoisotopic (exact) mass is 445 g/mol. The molecular formula is C24H27N7O2. The number of aromatic amines is 1. The second-order valence-electron chi connectivity index (χ2n) is 8.88. The highest BCUT2D eigenvalue weighted by molar-refractivity contribution is 5.99. The Morgan fingerprint density at radius 2 is 1.76 bits per heavy atom. The molecule has 0 radical (unpaired) electrons. The quantitative estimate of drug-likeness (QED) is 0.362. The molecule has 2 heterocycles. The van der Waals surface area contributed by atoms with Crippen molar-refractivity contribution in [2.24, 2.45) is 0 Å². The third kappa shape index (κ3) is 5.20. The molecule has 0 fully saturated rings. The van der Waals surface area contributed by atoms with E-state index in [0.717, 1.165) is 16.8 Å². The predicted octanol–water partition coefficient (Wildman–Crippen LogP) is 4.44. The zero-order valence-electron chi connectivity index (χ0n) is 19.1. The Kier molecular flexibility index (Phi) is 5.87. The number of anilines is 3. The molecule has 170 valence electrons. The number of urea groups is 1. The number of nitrogens with zero attached hydrogens (tertiary/aromatic N) is 3. The number of benzene rings is 2. The third-order valence-corrected chi connectivity index (χ3v) is 4.99. The normalized spacial score (nSPS) is 11.4. The van der Waals surface area contributed by atoms with Gasteiger partial charge in [0.1, 0.15) is 5.39 Å². The lowest BCUT2D eigenvalue weighted by Gasteiger charge is -2.19. The lowest BCUT2D eigenvalue weighted by Crippen LogP contribution is -2.24. The first-order valence-electron chi connectivity index (χ1n) is 10.6. The molecule has 0 saturated heterocycles. The summed E-state index contributed by atoms with van der Waals surface area (Å²) in [7, 11) is 0. The Hall–Kier alpha value is -4.14. The average Bonchev–Trinajstić information content (AvgIpc) is 3.18. The number of fused-ring (bicyclic) bond motifs is 1. The maximum absolute atomic E-state index is 12.5. The highest BCUT2D eigenvalue weighted by Crippen LogP contribution is 2.19. The summed E-state index contributed by atoms with van der Waals surface area (Å²) in [5.41, 5.74) is 3.33. The van der Waals surface area contributed by atoms with Crippen LogP contribution in [-0.4, -0.2) is 25.8 Å². The van der Waals surface area contributed by atoms with Gasteiger partial charge in [-0.25, -0.2) is 9.48 Å². The van der Waals surface area contributed by atoms with E-state index in [1.807, 2.05) is 76.2 Å². The van der Waals surface area contributed by atoms with E-state index in [0.29, 0.717) is 29.2 Å². The van der Waals surface area contributed by atoms with E-state index in [9.17, 15) is 9.59 Å². The summed E-state index contributed by atoms with van der Waals surface area (Å²) >= 11 is 0. The van der Waals surface area contributed by atoms with Crippen LogP contribution >= 0.6 is 0 Å². The minimum atomic E-state index is -0.322. The average molecular weight is 446 g/mol. The largest absolute Gasteiger partial charge is 0.352 e. The summed E-state index contributed by atoms with van der Waals surface area (Å²) in [4.78, 5) is 32.1. The molecule has 0 atom stereocenters. The Labute approximate surface area is 191 Å². The number of hydrogen-bond donors (Lipinski definition) is 4.